The van der Waals surface area contributed by atoms with Crippen molar-refractivity contribution in [2.75, 3.05) is 9.80 Å². The van der Waals surface area contributed by atoms with Gasteiger partial charge in [0.25, 0.3) is 0 Å². The van der Waals surface area contributed by atoms with Gasteiger partial charge in [-0.3, -0.25) is 0 Å². The minimum Gasteiger partial charge on any atom is -0.456 e. The minimum absolute atomic E-state index is 0.853. The Labute approximate surface area is 319 Å². The van der Waals surface area contributed by atoms with Gasteiger partial charge in [-0.1, -0.05) is 117 Å². The lowest BCUT2D eigenvalue weighted by atomic mass is 10.0. The number of furan rings is 1. The molecular weight excluding hydrogens is 677 g/mol. The molecule has 10 aromatic rings. The van der Waals surface area contributed by atoms with Crippen molar-refractivity contribution in [3.8, 4) is 11.1 Å². The summed E-state index contributed by atoms with van der Waals surface area (Å²) in [7, 11) is 0. The van der Waals surface area contributed by atoms with E-state index < -0.39 is 0 Å². The fourth-order valence-corrected chi connectivity index (χ4v) is 8.52. The Morgan fingerprint density at radius 3 is 1.61 bits per heavy atom. The highest BCUT2D eigenvalue weighted by molar-refractivity contribution is 7.25. The molecule has 2 aromatic heterocycles. The molecule has 4 heteroatoms. The summed E-state index contributed by atoms with van der Waals surface area (Å²) in [6, 6.07) is 69.0. The first-order valence-corrected chi connectivity index (χ1v) is 19.3. The van der Waals surface area contributed by atoms with Crippen molar-refractivity contribution in [2.24, 2.45) is 0 Å². The Bertz CT molecular complexity index is 2800. The Kier molecular flexibility index (Phi) is 8.88. The zero-order valence-corrected chi connectivity index (χ0v) is 31.0. The molecule has 0 fully saturated rings. The van der Waals surface area contributed by atoms with Gasteiger partial charge in [-0.05, 0) is 102 Å². The molecular formula is C50H38N2OS. The normalized spacial score (nSPS) is 11.1. The van der Waals surface area contributed by atoms with Crippen LogP contribution in [-0.4, -0.2) is 0 Å². The van der Waals surface area contributed by atoms with E-state index in [1.165, 1.54) is 31.3 Å². The Morgan fingerprint density at radius 1 is 0.370 bits per heavy atom. The summed E-state index contributed by atoms with van der Waals surface area (Å²) in [4.78, 5) is 4.69. The lowest BCUT2D eigenvalue weighted by molar-refractivity contribution is 0.669. The smallest absolute Gasteiger partial charge is 0.137 e. The zero-order chi connectivity index (χ0) is 36.4. The van der Waals surface area contributed by atoms with Crippen LogP contribution in [0.2, 0.25) is 0 Å². The molecule has 0 aliphatic rings. The fourth-order valence-electron chi connectivity index (χ4n) is 7.44. The van der Waals surface area contributed by atoms with Crippen LogP contribution < -0.4 is 9.80 Å². The molecule has 54 heavy (non-hydrogen) atoms. The molecule has 2 heterocycles. The van der Waals surface area contributed by atoms with Crippen molar-refractivity contribution in [2.45, 2.75) is 13.8 Å². The number of benzene rings is 8. The number of thiophene rings is 1. The lowest BCUT2D eigenvalue weighted by Crippen LogP contribution is -2.10. The highest BCUT2D eigenvalue weighted by atomic mass is 32.1. The van der Waals surface area contributed by atoms with Gasteiger partial charge in [-0.15, -0.1) is 11.3 Å². The minimum atomic E-state index is 0.853. The van der Waals surface area contributed by atoms with E-state index in [0.29, 0.717) is 0 Å². The van der Waals surface area contributed by atoms with Gasteiger partial charge in [0.05, 0.1) is 11.1 Å². The van der Waals surface area contributed by atoms with Crippen LogP contribution in [0.5, 0.6) is 0 Å². The number of anilines is 6. The molecule has 0 spiro atoms. The highest BCUT2D eigenvalue weighted by Crippen LogP contribution is 2.46. The van der Waals surface area contributed by atoms with E-state index in [2.05, 4.69) is 204 Å². The van der Waals surface area contributed by atoms with Gasteiger partial charge < -0.3 is 14.2 Å². The van der Waals surface area contributed by atoms with Crippen LogP contribution in [0, 0.1) is 0 Å². The summed E-state index contributed by atoms with van der Waals surface area (Å²) in [5.74, 6) is 0. The van der Waals surface area contributed by atoms with Gasteiger partial charge in [0.1, 0.15) is 11.2 Å². The SMILES string of the molecule is CC.c1ccc(-c2ccc(N(c3ccc4sc5ccccc5c4c3)c3ccc4oc5cccc(N(c6ccccc6)c6ccccc6)c5c4c3)cc2)cc1. The van der Waals surface area contributed by atoms with E-state index in [0.717, 1.165) is 56.1 Å². The van der Waals surface area contributed by atoms with Crippen molar-refractivity contribution in [1.82, 2.24) is 0 Å². The summed E-state index contributed by atoms with van der Waals surface area (Å²) in [6.07, 6.45) is 0. The molecule has 10 rings (SSSR count). The van der Waals surface area contributed by atoms with Crippen molar-refractivity contribution in [1.29, 1.82) is 0 Å². The maximum atomic E-state index is 6.58. The van der Waals surface area contributed by atoms with Gasteiger partial charge in [-0.25, -0.2) is 0 Å². The Hall–Kier alpha value is -6.62. The molecule has 3 nitrogen and oxygen atoms in total. The van der Waals surface area contributed by atoms with E-state index in [1.807, 2.05) is 25.2 Å². The van der Waals surface area contributed by atoms with Crippen LogP contribution in [0.1, 0.15) is 13.8 Å². The number of fused-ring (bicyclic) bond motifs is 6. The Morgan fingerprint density at radius 2 is 0.907 bits per heavy atom. The van der Waals surface area contributed by atoms with Crippen molar-refractivity contribution in [3.05, 3.63) is 194 Å². The molecule has 0 aliphatic heterocycles. The summed E-state index contributed by atoms with van der Waals surface area (Å²) in [6.45, 7) is 4.00. The van der Waals surface area contributed by atoms with Gasteiger partial charge >= 0.3 is 0 Å². The second-order valence-corrected chi connectivity index (χ2v) is 14.1. The number of rotatable bonds is 7. The largest absolute Gasteiger partial charge is 0.456 e. The maximum absolute atomic E-state index is 6.58. The van der Waals surface area contributed by atoms with Gasteiger partial charge in [0.15, 0.2) is 0 Å². The molecule has 0 amide bonds. The van der Waals surface area contributed by atoms with Crippen molar-refractivity contribution in [3.63, 3.8) is 0 Å². The molecule has 0 unspecified atom stereocenters. The summed E-state index contributed by atoms with van der Waals surface area (Å²) < 4.78 is 9.16. The highest BCUT2D eigenvalue weighted by Gasteiger charge is 2.21. The van der Waals surface area contributed by atoms with Crippen LogP contribution in [0.4, 0.5) is 34.1 Å². The van der Waals surface area contributed by atoms with Crippen LogP contribution in [0.25, 0.3) is 53.2 Å². The maximum Gasteiger partial charge on any atom is 0.137 e. The molecule has 0 aliphatic carbocycles. The summed E-state index contributed by atoms with van der Waals surface area (Å²) in [5.41, 5.74) is 10.6. The standard InChI is InChI=1S/C48H32N2OS.C2H6/c1-4-13-33(14-5-1)34-23-25-37(26-24-34)49(39-28-30-47-41(31-39)40-19-10-11-22-46(40)52-47)38-27-29-44-42(32-38)48-43(20-12-21-45(48)51-44)50(35-15-6-2-7-16-35)36-17-8-3-9-18-36;1-2/h1-32H;1-2H3. The first-order chi connectivity index (χ1) is 26.8. The number of hydrogen-bond acceptors (Lipinski definition) is 4. The number of nitrogens with zero attached hydrogens (tertiary/aromatic N) is 2. The van der Waals surface area contributed by atoms with Crippen LogP contribution in [0.15, 0.2) is 199 Å². The molecule has 8 aromatic carbocycles. The molecule has 0 atom stereocenters. The lowest BCUT2D eigenvalue weighted by Gasteiger charge is -2.27. The predicted octanol–water partition coefficient (Wildman–Crippen LogP) is 15.6. The summed E-state index contributed by atoms with van der Waals surface area (Å²) >= 11 is 1.84. The van der Waals surface area contributed by atoms with E-state index in [-0.39, 0.29) is 0 Å². The van der Waals surface area contributed by atoms with E-state index >= 15 is 0 Å². The van der Waals surface area contributed by atoms with Gasteiger partial charge in [-0.2, -0.15) is 0 Å². The van der Waals surface area contributed by atoms with Gasteiger partial charge in [0, 0.05) is 54.0 Å². The Balaban J connectivity index is 0.00000189. The molecule has 0 radical (unpaired) electrons. The second kappa shape index (κ2) is 14.4. The molecule has 0 saturated carbocycles. The predicted molar refractivity (Wildman–Crippen MR) is 233 cm³/mol. The van der Waals surface area contributed by atoms with Crippen LogP contribution in [0.3, 0.4) is 0 Å². The third-order valence-corrected chi connectivity index (χ3v) is 11.0. The fraction of sp³-hybridized carbons (Fsp3) is 0.0400. The quantitative estimate of drug-likeness (QED) is 0.164. The van der Waals surface area contributed by atoms with Crippen LogP contribution in [-0.2, 0) is 0 Å². The zero-order valence-electron chi connectivity index (χ0n) is 30.2. The molecule has 260 valence electrons. The first-order valence-electron chi connectivity index (χ1n) is 18.5. The third kappa shape index (κ3) is 5.97. The monoisotopic (exact) mass is 714 g/mol. The molecule has 0 N–H and O–H groups in total. The van der Waals surface area contributed by atoms with Crippen molar-refractivity contribution < 1.29 is 4.42 Å². The topological polar surface area (TPSA) is 19.6 Å². The third-order valence-electron chi connectivity index (χ3n) is 9.84. The molecule has 0 bridgehead atoms. The first kappa shape index (κ1) is 33.2. The summed E-state index contributed by atoms with van der Waals surface area (Å²) in [5, 5.41) is 4.69. The number of para-hydroxylation sites is 2. The van der Waals surface area contributed by atoms with Crippen LogP contribution >= 0.6 is 11.3 Å². The number of hydrogen-bond donors (Lipinski definition) is 0. The average molecular weight is 715 g/mol. The van der Waals surface area contributed by atoms with E-state index in [4.69, 9.17) is 4.42 Å². The molecule has 0 saturated heterocycles. The van der Waals surface area contributed by atoms with Crippen molar-refractivity contribution >= 4 is 87.6 Å². The van der Waals surface area contributed by atoms with Gasteiger partial charge in [0.2, 0.25) is 0 Å². The average Bonchev–Trinajstić information content (AvgIpc) is 3.82. The second-order valence-electron chi connectivity index (χ2n) is 13.0. The van der Waals surface area contributed by atoms with E-state index in [9.17, 15) is 0 Å². The van der Waals surface area contributed by atoms with E-state index in [1.54, 1.807) is 0 Å².